The number of nitrogens with zero attached hydrogens (tertiary/aromatic N) is 1. The van der Waals surface area contributed by atoms with Crippen LogP contribution >= 0.6 is 0 Å². The monoisotopic (exact) mass is 227 g/mol. The third-order valence-corrected chi connectivity index (χ3v) is 2.78. The van der Waals surface area contributed by atoms with Crippen LogP contribution in [-0.4, -0.2) is 42.9 Å². The maximum absolute atomic E-state index is 11.7. The zero-order valence-corrected chi connectivity index (χ0v) is 9.71. The van der Waals surface area contributed by atoms with Crippen LogP contribution in [0.15, 0.2) is 0 Å². The molecule has 0 radical (unpaired) electrons. The van der Waals surface area contributed by atoms with E-state index >= 15 is 0 Å². The van der Waals surface area contributed by atoms with Crippen LogP contribution in [0.4, 0.5) is 0 Å². The molecule has 5 heteroatoms. The van der Waals surface area contributed by atoms with Crippen LogP contribution in [-0.2, 0) is 9.59 Å². The fraction of sp³-hybridized carbons (Fsp3) is 0.818. The number of primary amides is 1. The number of nitrogens with one attached hydrogen (secondary N) is 1. The molecule has 0 bridgehead atoms. The van der Waals surface area contributed by atoms with Gasteiger partial charge in [0.05, 0.1) is 6.54 Å². The second kappa shape index (κ2) is 7.22. The summed E-state index contributed by atoms with van der Waals surface area (Å²) < 4.78 is 0. The van der Waals surface area contributed by atoms with Gasteiger partial charge in [-0.05, 0) is 12.8 Å². The predicted molar refractivity (Wildman–Crippen MR) is 61.7 cm³/mol. The van der Waals surface area contributed by atoms with Gasteiger partial charge < -0.3 is 16.0 Å². The van der Waals surface area contributed by atoms with Gasteiger partial charge in [0.15, 0.2) is 0 Å². The number of likely N-dealkylation sites (tertiary alicyclic amines) is 1. The van der Waals surface area contributed by atoms with Crippen molar-refractivity contribution in [2.45, 2.75) is 32.1 Å². The van der Waals surface area contributed by atoms with Crippen LogP contribution < -0.4 is 11.1 Å². The Kier molecular flexibility index (Phi) is 5.85. The van der Waals surface area contributed by atoms with Crippen molar-refractivity contribution >= 4 is 11.8 Å². The van der Waals surface area contributed by atoms with Gasteiger partial charge in [0, 0.05) is 26.1 Å². The van der Waals surface area contributed by atoms with E-state index in [0.29, 0.717) is 13.1 Å². The van der Waals surface area contributed by atoms with Crippen LogP contribution in [0.25, 0.3) is 0 Å². The Morgan fingerprint density at radius 2 is 1.75 bits per heavy atom. The Balaban J connectivity index is 2.15. The zero-order valence-electron chi connectivity index (χ0n) is 9.71. The molecule has 0 unspecified atom stereocenters. The molecule has 0 atom stereocenters. The molecule has 0 aromatic carbocycles. The lowest BCUT2D eigenvalue weighted by molar-refractivity contribution is -0.130. The van der Waals surface area contributed by atoms with Crippen LogP contribution in [0.1, 0.15) is 32.1 Å². The summed E-state index contributed by atoms with van der Waals surface area (Å²) in [5, 5.41) is 2.94. The van der Waals surface area contributed by atoms with Gasteiger partial charge in [0.1, 0.15) is 0 Å². The average molecular weight is 227 g/mol. The summed E-state index contributed by atoms with van der Waals surface area (Å²) in [4.78, 5) is 24.1. The number of carbonyl (C=O) groups excluding carboxylic acids is 2. The minimum Gasteiger partial charge on any atom is -0.370 e. The second-order valence-electron chi connectivity index (χ2n) is 4.19. The Labute approximate surface area is 96.4 Å². The first-order valence-corrected chi connectivity index (χ1v) is 5.97. The van der Waals surface area contributed by atoms with Gasteiger partial charge in [-0.3, -0.25) is 9.59 Å². The van der Waals surface area contributed by atoms with Gasteiger partial charge in [0.25, 0.3) is 0 Å². The van der Waals surface area contributed by atoms with Crippen molar-refractivity contribution in [3.05, 3.63) is 0 Å². The first-order valence-electron chi connectivity index (χ1n) is 5.97. The molecule has 0 aliphatic carbocycles. The van der Waals surface area contributed by atoms with E-state index < -0.39 is 0 Å². The molecule has 16 heavy (non-hydrogen) atoms. The molecule has 0 aromatic rings. The highest BCUT2D eigenvalue weighted by Gasteiger charge is 2.14. The SMILES string of the molecule is NC(=O)CCNCC(=O)N1CCCCCC1. The molecule has 1 heterocycles. The molecule has 0 aromatic heterocycles. The van der Waals surface area contributed by atoms with Crippen molar-refractivity contribution in [2.75, 3.05) is 26.2 Å². The number of carbonyl (C=O) groups is 2. The fourth-order valence-electron chi connectivity index (χ4n) is 1.84. The van der Waals surface area contributed by atoms with E-state index in [0.717, 1.165) is 25.9 Å². The summed E-state index contributed by atoms with van der Waals surface area (Å²) in [6, 6.07) is 0. The van der Waals surface area contributed by atoms with Crippen LogP contribution in [0.2, 0.25) is 0 Å². The number of hydrogen-bond acceptors (Lipinski definition) is 3. The van der Waals surface area contributed by atoms with E-state index in [1.165, 1.54) is 12.8 Å². The van der Waals surface area contributed by atoms with Crippen LogP contribution in [0.5, 0.6) is 0 Å². The van der Waals surface area contributed by atoms with Gasteiger partial charge in [-0.15, -0.1) is 0 Å². The third kappa shape index (κ3) is 5.11. The summed E-state index contributed by atoms with van der Waals surface area (Å²) in [7, 11) is 0. The minimum atomic E-state index is -0.338. The largest absolute Gasteiger partial charge is 0.370 e. The van der Waals surface area contributed by atoms with Gasteiger partial charge >= 0.3 is 0 Å². The molecule has 0 saturated carbocycles. The van der Waals surface area contributed by atoms with Crippen molar-refractivity contribution in [1.29, 1.82) is 0 Å². The topological polar surface area (TPSA) is 75.4 Å². The summed E-state index contributed by atoms with van der Waals surface area (Å²) >= 11 is 0. The van der Waals surface area contributed by atoms with E-state index in [-0.39, 0.29) is 18.2 Å². The summed E-state index contributed by atoms with van der Waals surface area (Å²) in [6.07, 6.45) is 4.94. The van der Waals surface area contributed by atoms with Gasteiger partial charge in [-0.2, -0.15) is 0 Å². The maximum Gasteiger partial charge on any atom is 0.236 e. The quantitative estimate of drug-likeness (QED) is 0.642. The molecule has 2 amide bonds. The summed E-state index contributed by atoms with van der Waals surface area (Å²) in [5.41, 5.74) is 5.00. The molecule has 0 spiro atoms. The molecule has 1 aliphatic rings. The Hall–Kier alpha value is -1.10. The van der Waals surface area contributed by atoms with E-state index in [2.05, 4.69) is 5.32 Å². The van der Waals surface area contributed by atoms with Crippen LogP contribution in [0.3, 0.4) is 0 Å². The number of amides is 2. The van der Waals surface area contributed by atoms with Crippen molar-refractivity contribution in [2.24, 2.45) is 5.73 Å². The minimum absolute atomic E-state index is 0.131. The first kappa shape index (κ1) is 13.0. The summed E-state index contributed by atoms with van der Waals surface area (Å²) in [5.74, 6) is -0.207. The third-order valence-electron chi connectivity index (χ3n) is 2.78. The Morgan fingerprint density at radius 3 is 2.31 bits per heavy atom. The first-order chi connectivity index (χ1) is 7.70. The molecule has 1 rings (SSSR count). The Bertz CT molecular complexity index is 235. The maximum atomic E-state index is 11.7. The van der Waals surface area contributed by atoms with Crippen molar-refractivity contribution in [3.8, 4) is 0 Å². The highest BCUT2D eigenvalue weighted by Crippen LogP contribution is 2.09. The lowest BCUT2D eigenvalue weighted by atomic mass is 10.2. The number of rotatable bonds is 5. The zero-order chi connectivity index (χ0) is 11.8. The van der Waals surface area contributed by atoms with Crippen molar-refractivity contribution < 1.29 is 9.59 Å². The van der Waals surface area contributed by atoms with Gasteiger partial charge in [-0.25, -0.2) is 0 Å². The van der Waals surface area contributed by atoms with Gasteiger partial charge in [-0.1, -0.05) is 12.8 Å². The highest BCUT2D eigenvalue weighted by atomic mass is 16.2. The van der Waals surface area contributed by atoms with E-state index in [4.69, 9.17) is 5.73 Å². The molecule has 1 fully saturated rings. The number of hydrogen-bond donors (Lipinski definition) is 2. The van der Waals surface area contributed by atoms with E-state index in [9.17, 15) is 9.59 Å². The van der Waals surface area contributed by atoms with Crippen molar-refractivity contribution in [1.82, 2.24) is 10.2 Å². The van der Waals surface area contributed by atoms with E-state index in [1.807, 2.05) is 4.90 Å². The normalized spacial score (nSPS) is 16.9. The highest BCUT2D eigenvalue weighted by molar-refractivity contribution is 5.78. The standard InChI is InChI=1S/C11H21N3O2/c12-10(15)5-6-13-9-11(16)14-7-3-1-2-4-8-14/h13H,1-9H2,(H2,12,15). The fourth-order valence-corrected chi connectivity index (χ4v) is 1.84. The molecule has 5 nitrogen and oxygen atoms in total. The number of nitrogens with two attached hydrogens (primary N) is 1. The van der Waals surface area contributed by atoms with E-state index in [1.54, 1.807) is 0 Å². The lowest BCUT2D eigenvalue weighted by Crippen LogP contribution is -2.39. The molecule has 92 valence electrons. The summed E-state index contributed by atoms with van der Waals surface area (Å²) in [6.45, 7) is 2.54. The van der Waals surface area contributed by atoms with Crippen molar-refractivity contribution in [3.63, 3.8) is 0 Å². The smallest absolute Gasteiger partial charge is 0.236 e. The van der Waals surface area contributed by atoms with Gasteiger partial charge in [0.2, 0.25) is 11.8 Å². The molecule has 1 aliphatic heterocycles. The average Bonchev–Trinajstić information content (AvgIpc) is 2.52. The molecular formula is C11H21N3O2. The molecular weight excluding hydrogens is 206 g/mol. The predicted octanol–water partition coefficient (Wildman–Crippen LogP) is -0.146. The second-order valence-corrected chi connectivity index (χ2v) is 4.19. The Morgan fingerprint density at radius 1 is 1.12 bits per heavy atom. The molecule has 3 N–H and O–H groups in total. The van der Waals surface area contributed by atoms with Crippen LogP contribution in [0, 0.1) is 0 Å². The molecule has 1 saturated heterocycles. The lowest BCUT2D eigenvalue weighted by Gasteiger charge is -2.20.